The van der Waals surface area contributed by atoms with E-state index in [-0.39, 0.29) is 57.3 Å². The highest BCUT2D eigenvalue weighted by molar-refractivity contribution is 6.07. The number of Topliss-reactive ketones (excluding diaryl/α,β-unsaturated/α-hetero) is 1. The number of amides is 1. The summed E-state index contributed by atoms with van der Waals surface area (Å²) in [5.41, 5.74) is 2.78. The van der Waals surface area contributed by atoms with Crippen LogP contribution in [0.1, 0.15) is 119 Å². The third-order valence-corrected chi connectivity index (χ3v) is 15.0. The molecule has 0 heterocycles. The van der Waals surface area contributed by atoms with Crippen molar-refractivity contribution in [2.24, 2.45) is 50.7 Å². The molecule has 0 aliphatic heterocycles. The maximum atomic E-state index is 14.4. The number of carbonyl (C=O) groups is 3. The summed E-state index contributed by atoms with van der Waals surface area (Å²) in [6.45, 7) is 18.7. The van der Waals surface area contributed by atoms with Gasteiger partial charge >= 0.3 is 5.97 Å². The number of carbonyl (C=O) groups excluding carboxylic acids is 3. The van der Waals surface area contributed by atoms with E-state index in [0.29, 0.717) is 24.8 Å². The molecule has 258 valence electrons. The zero-order valence-electron chi connectivity index (χ0n) is 30.5. The van der Waals surface area contributed by atoms with Crippen LogP contribution >= 0.6 is 0 Å². The Hall–Kier alpha value is -2.63. The Labute approximate surface area is 283 Å². The molecule has 5 aliphatic rings. The number of fused-ring (bicyclic) bond motifs is 7. The van der Waals surface area contributed by atoms with Crippen LogP contribution in [0.25, 0.3) is 0 Å². The molecule has 4 fully saturated rings. The Bertz CT molecular complexity index is 1460. The van der Waals surface area contributed by atoms with Crippen LogP contribution in [0.2, 0.25) is 0 Å². The van der Waals surface area contributed by atoms with Crippen molar-refractivity contribution in [1.29, 1.82) is 0 Å². The van der Waals surface area contributed by atoms with Crippen LogP contribution in [-0.4, -0.2) is 37.4 Å². The van der Waals surface area contributed by atoms with Crippen LogP contribution in [0.3, 0.4) is 0 Å². The lowest BCUT2D eigenvalue weighted by Crippen LogP contribution is -2.66. The number of ether oxygens (including phenoxy) is 2. The van der Waals surface area contributed by atoms with Gasteiger partial charge in [-0.05, 0) is 127 Å². The van der Waals surface area contributed by atoms with E-state index in [4.69, 9.17) is 9.47 Å². The van der Waals surface area contributed by atoms with Gasteiger partial charge in [0.15, 0.2) is 5.78 Å². The molecule has 6 heteroatoms. The lowest BCUT2D eigenvalue weighted by atomic mass is 9.33. The number of methoxy groups -OCH3 is 1. The van der Waals surface area contributed by atoms with Crippen LogP contribution in [-0.2, 0) is 25.5 Å². The highest BCUT2D eigenvalue weighted by Gasteiger charge is 2.71. The standard InChI is InChI=1S/C41H59NO5/c1-25(2)34-30(44)24-41(36(45)42-23-18-27-10-12-28(46-9)13-11-27)22-21-39(7)29(35(34)41)14-15-32-38(6)19-17-33(47-26(3)43)37(4,5)31(38)16-20-40(32,39)8/h10-13,25,29,31-33H,14-24H2,1-9H3,(H,42,45)/t29?,31?,32?,33-,38-,39+,40+,41+/m0/s1. The predicted octanol–water partition coefficient (Wildman–Crippen LogP) is 8.27. The summed E-state index contributed by atoms with van der Waals surface area (Å²) >= 11 is 0. The van der Waals surface area contributed by atoms with Crippen LogP contribution in [0, 0.1) is 50.7 Å². The molecule has 0 spiro atoms. The maximum Gasteiger partial charge on any atom is 0.302 e. The highest BCUT2D eigenvalue weighted by atomic mass is 16.5. The van der Waals surface area contributed by atoms with E-state index in [1.54, 1.807) is 14.0 Å². The van der Waals surface area contributed by atoms with Gasteiger partial charge in [0.05, 0.1) is 12.5 Å². The monoisotopic (exact) mass is 645 g/mol. The van der Waals surface area contributed by atoms with Crippen molar-refractivity contribution in [3.05, 3.63) is 41.0 Å². The first-order valence-electron chi connectivity index (χ1n) is 18.4. The molecular weight excluding hydrogens is 586 g/mol. The van der Waals surface area contributed by atoms with Gasteiger partial charge < -0.3 is 14.8 Å². The molecule has 1 amide bonds. The molecule has 0 bridgehead atoms. The van der Waals surface area contributed by atoms with Gasteiger partial charge in [-0.25, -0.2) is 0 Å². The minimum atomic E-state index is -0.727. The smallest absolute Gasteiger partial charge is 0.302 e. The molecule has 6 nitrogen and oxygen atoms in total. The molecule has 0 radical (unpaired) electrons. The third-order valence-electron chi connectivity index (χ3n) is 15.0. The molecule has 1 aromatic carbocycles. The average molecular weight is 646 g/mol. The zero-order valence-corrected chi connectivity index (χ0v) is 30.5. The second kappa shape index (κ2) is 11.8. The summed E-state index contributed by atoms with van der Waals surface area (Å²) in [6, 6.07) is 8.02. The van der Waals surface area contributed by atoms with Crippen molar-refractivity contribution >= 4 is 17.7 Å². The Kier molecular flexibility index (Phi) is 8.57. The van der Waals surface area contributed by atoms with E-state index in [1.807, 2.05) is 12.1 Å². The molecule has 3 unspecified atom stereocenters. The Morgan fingerprint density at radius 3 is 2.23 bits per heavy atom. The van der Waals surface area contributed by atoms with E-state index >= 15 is 0 Å². The minimum Gasteiger partial charge on any atom is -0.497 e. The molecule has 1 aromatic rings. The summed E-state index contributed by atoms with van der Waals surface area (Å²) < 4.78 is 11.2. The lowest BCUT2D eigenvalue weighted by molar-refractivity contribution is -0.232. The first-order chi connectivity index (χ1) is 22.0. The van der Waals surface area contributed by atoms with Crippen molar-refractivity contribution in [1.82, 2.24) is 5.32 Å². The normalized spacial score (nSPS) is 39.0. The maximum absolute atomic E-state index is 14.4. The SMILES string of the molecule is COc1ccc(CCNC(=O)[C@@]23CC[C@]4(C)C(CCC5[C@@]6(C)CC[C@H](OC(C)=O)C(C)(C)C6CC[C@]54C)C2=C(C(C)C)C(=O)C3)cc1. The van der Waals surface area contributed by atoms with Crippen molar-refractivity contribution in [2.75, 3.05) is 13.7 Å². The number of hydrogen-bond donors (Lipinski definition) is 1. The second-order valence-corrected chi connectivity index (χ2v) is 17.6. The Morgan fingerprint density at radius 1 is 0.894 bits per heavy atom. The number of ketones is 1. The molecule has 47 heavy (non-hydrogen) atoms. The fourth-order valence-electron chi connectivity index (χ4n) is 12.6. The number of allylic oxidation sites excluding steroid dienone is 1. The number of benzene rings is 1. The summed E-state index contributed by atoms with van der Waals surface area (Å²) in [4.78, 5) is 40.4. The van der Waals surface area contributed by atoms with Gasteiger partial charge in [-0.1, -0.05) is 60.6 Å². The van der Waals surface area contributed by atoms with Crippen molar-refractivity contribution < 1.29 is 23.9 Å². The molecule has 4 saturated carbocycles. The summed E-state index contributed by atoms with van der Waals surface area (Å²) in [5.74, 6) is 2.29. The number of nitrogens with one attached hydrogen (secondary N) is 1. The van der Waals surface area contributed by atoms with Crippen LogP contribution < -0.4 is 10.1 Å². The molecule has 0 saturated heterocycles. The fourth-order valence-corrected chi connectivity index (χ4v) is 12.6. The van der Waals surface area contributed by atoms with Gasteiger partial charge in [-0.15, -0.1) is 0 Å². The number of hydrogen-bond acceptors (Lipinski definition) is 5. The summed E-state index contributed by atoms with van der Waals surface area (Å²) in [6.07, 6.45) is 9.17. The van der Waals surface area contributed by atoms with E-state index in [9.17, 15) is 14.4 Å². The first-order valence-corrected chi connectivity index (χ1v) is 18.4. The topological polar surface area (TPSA) is 81.7 Å². The van der Waals surface area contributed by atoms with Crippen LogP contribution in [0.15, 0.2) is 35.4 Å². The number of esters is 1. The third kappa shape index (κ3) is 5.04. The Balaban J connectivity index is 1.30. The van der Waals surface area contributed by atoms with Gasteiger partial charge in [-0.2, -0.15) is 0 Å². The van der Waals surface area contributed by atoms with E-state index in [0.717, 1.165) is 74.7 Å². The molecule has 8 atom stereocenters. The number of rotatable bonds is 7. The highest BCUT2D eigenvalue weighted by Crippen LogP contribution is 2.76. The van der Waals surface area contributed by atoms with Gasteiger partial charge in [-0.3, -0.25) is 14.4 Å². The van der Waals surface area contributed by atoms with E-state index < -0.39 is 5.41 Å². The van der Waals surface area contributed by atoms with Crippen molar-refractivity contribution in [2.45, 2.75) is 126 Å². The predicted molar refractivity (Wildman–Crippen MR) is 185 cm³/mol. The van der Waals surface area contributed by atoms with Crippen LogP contribution in [0.5, 0.6) is 5.75 Å². The molecule has 0 aromatic heterocycles. The summed E-state index contributed by atoms with van der Waals surface area (Å²) in [7, 11) is 1.67. The minimum absolute atomic E-state index is 0.00768. The van der Waals surface area contributed by atoms with Gasteiger partial charge in [0, 0.05) is 25.3 Å². The van der Waals surface area contributed by atoms with Gasteiger partial charge in [0.1, 0.15) is 11.9 Å². The van der Waals surface area contributed by atoms with E-state index in [2.05, 4.69) is 65.9 Å². The average Bonchev–Trinajstić information content (AvgIpc) is 3.32. The molecule has 5 aliphatic carbocycles. The lowest BCUT2D eigenvalue weighted by Gasteiger charge is -2.72. The second-order valence-electron chi connectivity index (χ2n) is 17.6. The molecule has 6 rings (SSSR count). The van der Waals surface area contributed by atoms with Gasteiger partial charge in [0.25, 0.3) is 0 Å². The zero-order chi connectivity index (χ0) is 34.2. The van der Waals surface area contributed by atoms with Crippen molar-refractivity contribution in [3.8, 4) is 5.75 Å². The Morgan fingerprint density at radius 2 is 1.60 bits per heavy atom. The van der Waals surface area contributed by atoms with Crippen molar-refractivity contribution in [3.63, 3.8) is 0 Å². The van der Waals surface area contributed by atoms with E-state index in [1.165, 1.54) is 5.57 Å². The fraction of sp³-hybridized carbons (Fsp3) is 0.732. The molecule has 1 N–H and O–H groups in total. The van der Waals surface area contributed by atoms with Gasteiger partial charge in [0.2, 0.25) is 5.91 Å². The van der Waals surface area contributed by atoms with Crippen LogP contribution in [0.4, 0.5) is 0 Å². The quantitative estimate of drug-likeness (QED) is 0.302. The summed E-state index contributed by atoms with van der Waals surface area (Å²) in [5, 5.41) is 3.32. The largest absolute Gasteiger partial charge is 0.497 e. The first kappa shape index (κ1) is 34.2. The molecular formula is C41H59NO5.